The summed E-state index contributed by atoms with van der Waals surface area (Å²) in [5.41, 5.74) is 10.2. The highest BCUT2D eigenvalue weighted by atomic mass is 16.5. The van der Waals surface area contributed by atoms with Crippen molar-refractivity contribution >= 4 is 5.97 Å². The second kappa shape index (κ2) is 2.22. The van der Waals surface area contributed by atoms with Gasteiger partial charge in [0.2, 0.25) is 0 Å². The highest BCUT2D eigenvalue weighted by Gasteiger charge is 2.54. The lowest BCUT2D eigenvalue weighted by molar-refractivity contribution is -0.142. The molecule has 0 aromatic rings. The van der Waals surface area contributed by atoms with E-state index in [0.29, 0.717) is 6.42 Å². The zero-order chi connectivity index (χ0) is 8.77. The summed E-state index contributed by atoms with van der Waals surface area (Å²) in [4.78, 5) is 11.1. The van der Waals surface area contributed by atoms with Crippen molar-refractivity contribution in [3.05, 3.63) is 16.9 Å². The molecule has 1 unspecified atom stereocenters. The summed E-state index contributed by atoms with van der Waals surface area (Å²) in [6, 6.07) is 0. The molecular weight excluding hydrogens is 154 g/mol. The number of methoxy groups -OCH3 is 1. The van der Waals surface area contributed by atoms with Crippen molar-refractivity contribution in [3.8, 4) is 0 Å². The molecule has 2 fully saturated rings. The number of hydrogen-bond acceptors (Lipinski definition) is 3. The van der Waals surface area contributed by atoms with Crippen LogP contribution in [0.1, 0.15) is 19.3 Å². The van der Waals surface area contributed by atoms with E-state index < -0.39 is 5.54 Å². The van der Waals surface area contributed by atoms with E-state index in [0.717, 1.165) is 18.4 Å². The SMILES string of the molecule is COC(=O)C1(N)CC1=C=C1CC1. The fourth-order valence-electron chi connectivity index (χ4n) is 1.17. The summed E-state index contributed by atoms with van der Waals surface area (Å²) >= 11 is 0. The molecule has 64 valence electrons. The van der Waals surface area contributed by atoms with Gasteiger partial charge in [-0.15, -0.1) is 5.73 Å². The van der Waals surface area contributed by atoms with Gasteiger partial charge in [-0.1, -0.05) is 0 Å². The minimum absolute atomic E-state index is 0.341. The number of esters is 1. The molecule has 0 saturated heterocycles. The predicted octanol–water partition coefficient (Wildman–Crippen LogP) is 0.506. The zero-order valence-electron chi connectivity index (χ0n) is 7.02. The first-order valence-corrected chi connectivity index (χ1v) is 4.02. The third-order valence-electron chi connectivity index (χ3n) is 2.25. The van der Waals surface area contributed by atoms with Crippen LogP contribution in [0.3, 0.4) is 0 Å². The molecule has 12 heavy (non-hydrogen) atoms. The molecule has 2 rings (SSSR count). The number of carbonyl (C=O) groups is 1. The van der Waals surface area contributed by atoms with E-state index in [2.05, 4.69) is 10.5 Å². The Morgan fingerprint density at radius 2 is 2.33 bits per heavy atom. The first-order chi connectivity index (χ1) is 5.66. The van der Waals surface area contributed by atoms with Gasteiger partial charge in [-0.05, 0) is 18.4 Å². The molecule has 2 aliphatic carbocycles. The molecular formula is C9H11NO2. The fraction of sp³-hybridized carbons (Fsp3) is 0.556. The normalized spacial score (nSPS) is 31.2. The lowest BCUT2D eigenvalue weighted by Crippen LogP contribution is -2.34. The topological polar surface area (TPSA) is 52.3 Å². The smallest absolute Gasteiger partial charge is 0.331 e. The standard InChI is InChI=1S/C9H11NO2/c1-12-8(11)9(10)5-7(9)4-6-2-3-6/h2-3,5,10H2,1H3. The van der Waals surface area contributed by atoms with Gasteiger partial charge in [-0.3, -0.25) is 0 Å². The highest BCUT2D eigenvalue weighted by Crippen LogP contribution is 2.42. The molecule has 0 amide bonds. The van der Waals surface area contributed by atoms with Crippen LogP contribution in [0.5, 0.6) is 0 Å². The minimum atomic E-state index is -0.829. The first kappa shape index (κ1) is 7.59. The molecule has 0 radical (unpaired) electrons. The van der Waals surface area contributed by atoms with Crippen LogP contribution >= 0.6 is 0 Å². The number of ether oxygens (including phenoxy) is 1. The summed E-state index contributed by atoms with van der Waals surface area (Å²) in [6.07, 6.45) is 2.84. The van der Waals surface area contributed by atoms with Gasteiger partial charge in [0.05, 0.1) is 7.11 Å². The molecule has 1 atom stereocenters. The Morgan fingerprint density at radius 3 is 2.83 bits per heavy atom. The van der Waals surface area contributed by atoms with E-state index in [9.17, 15) is 4.79 Å². The summed E-state index contributed by atoms with van der Waals surface area (Å²) in [7, 11) is 1.36. The van der Waals surface area contributed by atoms with E-state index in [4.69, 9.17) is 5.73 Å². The number of hydrogen-bond donors (Lipinski definition) is 1. The molecule has 2 aliphatic rings. The molecule has 0 spiro atoms. The van der Waals surface area contributed by atoms with Gasteiger partial charge in [0.15, 0.2) is 0 Å². The van der Waals surface area contributed by atoms with Gasteiger partial charge >= 0.3 is 5.97 Å². The molecule has 0 aliphatic heterocycles. The summed E-state index contributed by atoms with van der Waals surface area (Å²) in [5, 5.41) is 0. The minimum Gasteiger partial charge on any atom is -0.467 e. The lowest BCUT2D eigenvalue weighted by atomic mass is 10.3. The van der Waals surface area contributed by atoms with Crippen molar-refractivity contribution in [2.24, 2.45) is 5.73 Å². The van der Waals surface area contributed by atoms with Crippen molar-refractivity contribution in [1.29, 1.82) is 0 Å². The largest absolute Gasteiger partial charge is 0.467 e. The fourth-order valence-corrected chi connectivity index (χ4v) is 1.17. The molecule has 0 heterocycles. The Kier molecular flexibility index (Phi) is 1.40. The van der Waals surface area contributed by atoms with Crippen LogP contribution in [-0.4, -0.2) is 18.6 Å². The van der Waals surface area contributed by atoms with E-state index in [1.807, 2.05) is 0 Å². The van der Waals surface area contributed by atoms with Crippen molar-refractivity contribution < 1.29 is 9.53 Å². The number of carbonyl (C=O) groups excluding carboxylic acids is 1. The Bertz CT molecular complexity index is 306. The average molecular weight is 165 g/mol. The van der Waals surface area contributed by atoms with Gasteiger partial charge in [0.25, 0.3) is 0 Å². The van der Waals surface area contributed by atoms with Crippen LogP contribution in [0, 0.1) is 0 Å². The number of rotatable bonds is 1. The van der Waals surface area contributed by atoms with Crippen LogP contribution in [0.4, 0.5) is 0 Å². The van der Waals surface area contributed by atoms with Gasteiger partial charge in [-0.2, -0.15) is 0 Å². The van der Waals surface area contributed by atoms with Crippen LogP contribution in [0.15, 0.2) is 16.9 Å². The Morgan fingerprint density at radius 1 is 1.67 bits per heavy atom. The average Bonchev–Trinajstić information content (AvgIpc) is 2.92. The van der Waals surface area contributed by atoms with Crippen LogP contribution < -0.4 is 5.73 Å². The van der Waals surface area contributed by atoms with Crippen LogP contribution in [0.2, 0.25) is 0 Å². The maximum Gasteiger partial charge on any atom is 0.331 e. The van der Waals surface area contributed by atoms with E-state index in [1.54, 1.807) is 0 Å². The van der Waals surface area contributed by atoms with Crippen LogP contribution in [-0.2, 0) is 9.53 Å². The third kappa shape index (κ3) is 1.07. The Labute approximate surface area is 70.9 Å². The van der Waals surface area contributed by atoms with E-state index >= 15 is 0 Å². The molecule has 2 N–H and O–H groups in total. The van der Waals surface area contributed by atoms with Crippen LogP contribution in [0.25, 0.3) is 0 Å². The summed E-state index contributed by atoms with van der Waals surface area (Å²) < 4.78 is 4.58. The van der Waals surface area contributed by atoms with Crippen molar-refractivity contribution in [3.63, 3.8) is 0 Å². The molecule has 0 aromatic heterocycles. The quantitative estimate of drug-likeness (QED) is 0.455. The monoisotopic (exact) mass is 165 g/mol. The van der Waals surface area contributed by atoms with Crippen molar-refractivity contribution in [1.82, 2.24) is 0 Å². The van der Waals surface area contributed by atoms with Gasteiger partial charge in [0.1, 0.15) is 5.54 Å². The third-order valence-corrected chi connectivity index (χ3v) is 2.25. The molecule has 0 aromatic carbocycles. The van der Waals surface area contributed by atoms with Gasteiger partial charge in [-0.25, -0.2) is 4.79 Å². The van der Waals surface area contributed by atoms with E-state index in [-0.39, 0.29) is 5.97 Å². The maximum absolute atomic E-state index is 11.1. The number of nitrogens with two attached hydrogens (primary N) is 1. The van der Waals surface area contributed by atoms with E-state index in [1.165, 1.54) is 12.7 Å². The first-order valence-electron chi connectivity index (χ1n) is 4.02. The second-order valence-corrected chi connectivity index (χ2v) is 3.35. The van der Waals surface area contributed by atoms with Crippen molar-refractivity contribution in [2.45, 2.75) is 24.8 Å². The molecule has 3 heteroatoms. The lowest BCUT2D eigenvalue weighted by Gasteiger charge is -2.02. The predicted molar refractivity (Wildman–Crippen MR) is 43.3 cm³/mol. The molecule has 2 saturated carbocycles. The zero-order valence-corrected chi connectivity index (χ0v) is 7.02. The highest BCUT2D eigenvalue weighted by molar-refractivity contribution is 5.91. The second-order valence-electron chi connectivity index (χ2n) is 3.35. The molecule has 0 bridgehead atoms. The van der Waals surface area contributed by atoms with Crippen molar-refractivity contribution in [2.75, 3.05) is 7.11 Å². The summed E-state index contributed by atoms with van der Waals surface area (Å²) in [5.74, 6) is -0.341. The Balaban J connectivity index is 2.19. The van der Waals surface area contributed by atoms with Gasteiger partial charge in [0, 0.05) is 12.0 Å². The molecule has 3 nitrogen and oxygen atoms in total. The van der Waals surface area contributed by atoms with Gasteiger partial charge < -0.3 is 10.5 Å². The summed E-state index contributed by atoms with van der Waals surface area (Å²) in [6.45, 7) is 0. The maximum atomic E-state index is 11.1. The Hall–Kier alpha value is -1.05.